The summed E-state index contributed by atoms with van der Waals surface area (Å²) in [5.41, 5.74) is 3.37. The van der Waals surface area contributed by atoms with E-state index in [2.05, 4.69) is 64.3 Å². The highest BCUT2D eigenvalue weighted by Crippen LogP contribution is 2.30. The van der Waals surface area contributed by atoms with Crippen LogP contribution in [0, 0.1) is 0 Å². The third-order valence-corrected chi connectivity index (χ3v) is 6.21. The highest BCUT2D eigenvalue weighted by Gasteiger charge is 2.18. The number of nitrogens with one attached hydrogen (secondary N) is 2. The normalized spacial score (nSPS) is 15.5. The molecule has 0 bridgehead atoms. The third-order valence-electron chi connectivity index (χ3n) is 4.97. The Kier molecular flexibility index (Phi) is 5.64. The molecule has 1 aliphatic rings. The maximum absolute atomic E-state index is 4.93. The van der Waals surface area contributed by atoms with Gasteiger partial charge >= 0.3 is 0 Å². The molecule has 142 valence electrons. The van der Waals surface area contributed by atoms with E-state index in [0.717, 1.165) is 36.1 Å². The summed E-state index contributed by atoms with van der Waals surface area (Å²) in [5.74, 6) is 1.28. The van der Waals surface area contributed by atoms with Gasteiger partial charge in [0.1, 0.15) is 5.03 Å². The molecule has 0 radical (unpaired) electrons. The number of fused-ring (bicyclic) bond motifs is 1. The van der Waals surface area contributed by atoms with Crippen molar-refractivity contribution in [1.29, 1.82) is 0 Å². The van der Waals surface area contributed by atoms with Gasteiger partial charge in [0, 0.05) is 29.9 Å². The van der Waals surface area contributed by atoms with Gasteiger partial charge in [0.25, 0.3) is 0 Å². The Labute approximate surface area is 165 Å². The van der Waals surface area contributed by atoms with E-state index < -0.39 is 0 Å². The first-order chi connectivity index (χ1) is 13.2. The zero-order valence-electron chi connectivity index (χ0n) is 16.0. The lowest BCUT2D eigenvalue weighted by Gasteiger charge is -2.22. The highest BCUT2D eigenvalue weighted by atomic mass is 32.2. The second-order valence-corrected chi connectivity index (χ2v) is 8.69. The Bertz CT molecular complexity index is 884. The molecule has 1 aromatic carbocycles. The zero-order valence-corrected chi connectivity index (χ0v) is 16.8. The van der Waals surface area contributed by atoms with Crippen LogP contribution in [0.25, 0.3) is 5.65 Å². The largest absolute Gasteiger partial charge is 0.363 e. The first-order valence-electron chi connectivity index (χ1n) is 9.74. The predicted octanol–water partition coefficient (Wildman–Crippen LogP) is 4.31. The summed E-state index contributed by atoms with van der Waals surface area (Å²) in [4.78, 5) is 9.59. The van der Waals surface area contributed by atoms with Gasteiger partial charge in [0.15, 0.2) is 11.5 Å². The van der Waals surface area contributed by atoms with Gasteiger partial charge in [0.2, 0.25) is 0 Å². The van der Waals surface area contributed by atoms with Crippen molar-refractivity contribution in [1.82, 2.24) is 19.7 Å². The molecule has 27 heavy (non-hydrogen) atoms. The van der Waals surface area contributed by atoms with Gasteiger partial charge in [-0.15, -0.1) is 11.8 Å². The van der Waals surface area contributed by atoms with Crippen LogP contribution in [0.15, 0.2) is 47.8 Å². The minimum absolute atomic E-state index is 0.418. The van der Waals surface area contributed by atoms with Crippen molar-refractivity contribution in [2.75, 3.05) is 18.4 Å². The number of aromatic nitrogens is 3. The fourth-order valence-corrected chi connectivity index (χ4v) is 4.58. The predicted molar refractivity (Wildman–Crippen MR) is 113 cm³/mol. The summed E-state index contributed by atoms with van der Waals surface area (Å²) in [7, 11) is 0. The molecule has 2 N–H and O–H groups in total. The number of piperidine rings is 1. The number of anilines is 1. The van der Waals surface area contributed by atoms with Crippen molar-refractivity contribution in [2.45, 2.75) is 49.4 Å². The second-order valence-electron chi connectivity index (χ2n) is 7.37. The monoisotopic (exact) mass is 381 g/mol. The molecule has 0 spiro atoms. The van der Waals surface area contributed by atoms with Crippen LogP contribution in [0.1, 0.15) is 43.9 Å². The molecule has 5 nitrogen and oxygen atoms in total. The lowest BCUT2D eigenvalue weighted by molar-refractivity contribution is 0.531. The van der Waals surface area contributed by atoms with Crippen LogP contribution in [-0.4, -0.2) is 32.7 Å². The number of hydrogen-bond donors (Lipinski definition) is 2. The van der Waals surface area contributed by atoms with Crippen LogP contribution in [0.5, 0.6) is 0 Å². The zero-order chi connectivity index (χ0) is 18.6. The number of nitrogens with zero attached hydrogens (tertiary/aromatic N) is 3. The van der Waals surface area contributed by atoms with Gasteiger partial charge < -0.3 is 10.6 Å². The summed E-state index contributed by atoms with van der Waals surface area (Å²) < 4.78 is 2.22. The second kappa shape index (κ2) is 8.31. The number of imidazole rings is 1. The first-order valence-corrected chi connectivity index (χ1v) is 10.6. The van der Waals surface area contributed by atoms with E-state index in [1.54, 1.807) is 0 Å². The molecule has 6 heteroatoms. The Morgan fingerprint density at radius 2 is 2.00 bits per heavy atom. The Hall–Kier alpha value is -2.05. The molecule has 3 aromatic rings. The first kappa shape index (κ1) is 18.3. The summed E-state index contributed by atoms with van der Waals surface area (Å²) in [6.07, 6.45) is 6.53. The molecule has 0 unspecified atom stereocenters. The molecule has 0 amide bonds. The average molecular weight is 382 g/mol. The van der Waals surface area contributed by atoms with Gasteiger partial charge in [0.05, 0.1) is 0 Å². The van der Waals surface area contributed by atoms with Crippen molar-refractivity contribution < 1.29 is 0 Å². The van der Waals surface area contributed by atoms with E-state index in [-0.39, 0.29) is 0 Å². The molecule has 2 aromatic heterocycles. The Balaban J connectivity index is 1.64. The van der Waals surface area contributed by atoms with E-state index >= 15 is 0 Å². The van der Waals surface area contributed by atoms with Crippen molar-refractivity contribution >= 4 is 23.2 Å². The summed E-state index contributed by atoms with van der Waals surface area (Å²) in [6, 6.07) is 10.4. The number of hydrogen-bond acceptors (Lipinski definition) is 5. The molecule has 1 saturated heterocycles. The van der Waals surface area contributed by atoms with Gasteiger partial charge in [-0.2, -0.15) is 0 Å². The maximum atomic E-state index is 4.93. The van der Waals surface area contributed by atoms with Crippen LogP contribution >= 0.6 is 11.8 Å². The fourth-order valence-electron chi connectivity index (χ4n) is 3.45. The van der Waals surface area contributed by atoms with E-state index in [1.807, 2.05) is 24.0 Å². The van der Waals surface area contributed by atoms with Crippen molar-refractivity contribution in [3.05, 3.63) is 54.0 Å². The van der Waals surface area contributed by atoms with Crippen molar-refractivity contribution in [3.63, 3.8) is 0 Å². The fraction of sp³-hybridized carbons (Fsp3) is 0.429. The molecular weight excluding hydrogens is 354 g/mol. The van der Waals surface area contributed by atoms with Gasteiger partial charge in [-0.25, -0.2) is 9.97 Å². The molecule has 0 atom stereocenters. The lowest BCUT2D eigenvalue weighted by atomic mass is 10.1. The van der Waals surface area contributed by atoms with E-state index in [9.17, 15) is 0 Å². The van der Waals surface area contributed by atoms with E-state index in [0.29, 0.717) is 11.2 Å². The molecule has 0 saturated carbocycles. The molecule has 3 heterocycles. The van der Waals surface area contributed by atoms with Crippen LogP contribution < -0.4 is 10.6 Å². The van der Waals surface area contributed by atoms with Gasteiger partial charge in [-0.3, -0.25) is 4.40 Å². The van der Waals surface area contributed by atoms with E-state index in [1.165, 1.54) is 24.1 Å². The SMILES string of the molecule is CC(C)c1cnc2c(NCc3ccccc3)nc(SC3CCNCC3)cn12. The van der Waals surface area contributed by atoms with Crippen LogP contribution in [0.4, 0.5) is 5.82 Å². The Morgan fingerprint density at radius 3 is 2.74 bits per heavy atom. The number of benzene rings is 1. The van der Waals surface area contributed by atoms with Crippen LogP contribution in [-0.2, 0) is 6.54 Å². The molecule has 1 aliphatic heterocycles. The Morgan fingerprint density at radius 1 is 1.22 bits per heavy atom. The summed E-state index contributed by atoms with van der Waals surface area (Å²) in [6.45, 7) is 7.36. The smallest absolute Gasteiger partial charge is 0.180 e. The van der Waals surface area contributed by atoms with Gasteiger partial charge in [-0.05, 0) is 37.4 Å². The molecule has 0 aliphatic carbocycles. The molecule has 4 rings (SSSR count). The quantitative estimate of drug-likeness (QED) is 0.666. The molecule has 1 fully saturated rings. The number of thioether (sulfide) groups is 1. The van der Waals surface area contributed by atoms with Crippen molar-refractivity contribution in [2.24, 2.45) is 0 Å². The number of rotatable bonds is 6. The van der Waals surface area contributed by atoms with Crippen LogP contribution in [0.3, 0.4) is 0 Å². The topological polar surface area (TPSA) is 54.2 Å². The third kappa shape index (κ3) is 4.28. The standard InChI is InChI=1S/C21H27N5S/c1-15(2)18-13-24-21-20(23-12-16-6-4-3-5-7-16)25-19(14-26(18)21)27-17-8-10-22-11-9-17/h3-7,13-15,17,22H,8-12H2,1-2H3,(H,23,25). The van der Waals surface area contributed by atoms with E-state index in [4.69, 9.17) is 4.98 Å². The highest BCUT2D eigenvalue weighted by molar-refractivity contribution is 7.99. The summed E-state index contributed by atoms with van der Waals surface area (Å²) >= 11 is 1.90. The van der Waals surface area contributed by atoms with Gasteiger partial charge in [-0.1, -0.05) is 44.2 Å². The average Bonchev–Trinajstić information content (AvgIpc) is 3.12. The molecular formula is C21H27N5S. The maximum Gasteiger partial charge on any atom is 0.180 e. The lowest BCUT2D eigenvalue weighted by Crippen LogP contribution is -2.29. The summed E-state index contributed by atoms with van der Waals surface area (Å²) in [5, 5.41) is 8.66. The van der Waals surface area contributed by atoms with Crippen LogP contribution in [0.2, 0.25) is 0 Å². The van der Waals surface area contributed by atoms with Crippen molar-refractivity contribution in [3.8, 4) is 0 Å². The minimum Gasteiger partial charge on any atom is -0.363 e. The minimum atomic E-state index is 0.418.